The van der Waals surface area contributed by atoms with Gasteiger partial charge in [0, 0.05) is 18.3 Å². The van der Waals surface area contributed by atoms with Crippen LogP contribution in [0.2, 0.25) is 0 Å². The molecule has 2 rings (SSSR count). The molecule has 1 aromatic carbocycles. The molecule has 1 aliphatic heterocycles. The summed E-state index contributed by atoms with van der Waals surface area (Å²) in [5.74, 6) is 0.378. The van der Waals surface area contributed by atoms with E-state index in [2.05, 4.69) is 0 Å². The Bertz CT molecular complexity index is 572. The van der Waals surface area contributed by atoms with Gasteiger partial charge < -0.3 is 10.5 Å². The number of anilines is 1. The fourth-order valence-corrected chi connectivity index (χ4v) is 4.60. The molecule has 5 nitrogen and oxygen atoms in total. The SMILES string of the molecule is CCOc1ccc(N)cc1S(=O)(=O)N1CCCC1CC. The molecular formula is C14H22N2O3S. The zero-order valence-electron chi connectivity index (χ0n) is 12.0. The van der Waals surface area contributed by atoms with Crippen molar-refractivity contribution in [1.29, 1.82) is 0 Å². The van der Waals surface area contributed by atoms with Crippen molar-refractivity contribution in [3.63, 3.8) is 0 Å². The number of hydrogen-bond acceptors (Lipinski definition) is 4. The van der Waals surface area contributed by atoms with Gasteiger partial charge in [0.25, 0.3) is 0 Å². The highest BCUT2D eigenvalue weighted by Crippen LogP contribution is 2.33. The zero-order valence-corrected chi connectivity index (χ0v) is 12.8. The van der Waals surface area contributed by atoms with Gasteiger partial charge >= 0.3 is 0 Å². The summed E-state index contributed by atoms with van der Waals surface area (Å²) in [6.45, 7) is 4.84. The highest BCUT2D eigenvalue weighted by Gasteiger charge is 2.35. The molecule has 0 bridgehead atoms. The third-order valence-electron chi connectivity index (χ3n) is 3.65. The maximum absolute atomic E-state index is 12.8. The van der Waals surface area contributed by atoms with Gasteiger partial charge in [0.1, 0.15) is 10.6 Å². The molecule has 1 aliphatic rings. The molecular weight excluding hydrogens is 276 g/mol. The Morgan fingerprint density at radius 2 is 2.15 bits per heavy atom. The van der Waals surface area contributed by atoms with E-state index >= 15 is 0 Å². The Morgan fingerprint density at radius 3 is 2.80 bits per heavy atom. The van der Waals surface area contributed by atoms with Gasteiger partial charge in [-0.1, -0.05) is 6.92 Å². The number of benzene rings is 1. The summed E-state index contributed by atoms with van der Waals surface area (Å²) in [5, 5.41) is 0. The second-order valence-corrected chi connectivity index (χ2v) is 6.82. The minimum absolute atomic E-state index is 0.0795. The van der Waals surface area contributed by atoms with Crippen LogP contribution >= 0.6 is 0 Å². The molecule has 1 saturated heterocycles. The lowest BCUT2D eigenvalue weighted by atomic mass is 10.2. The molecule has 0 spiro atoms. The maximum Gasteiger partial charge on any atom is 0.247 e. The summed E-state index contributed by atoms with van der Waals surface area (Å²) in [6.07, 6.45) is 2.65. The molecule has 20 heavy (non-hydrogen) atoms. The standard InChI is InChI=1S/C14H22N2O3S/c1-3-12-6-5-9-16(12)20(17,18)14-10-11(15)7-8-13(14)19-4-2/h7-8,10,12H,3-6,9,15H2,1-2H3. The Labute approximate surface area is 120 Å². The number of nitrogens with two attached hydrogens (primary N) is 1. The molecule has 1 fully saturated rings. The molecule has 1 unspecified atom stereocenters. The second kappa shape index (κ2) is 6.01. The maximum atomic E-state index is 12.8. The molecule has 0 aliphatic carbocycles. The molecule has 1 atom stereocenters. The van der Waals surface area contributed by atoms with Crippen molar-refractivity contribution < 1.29 is 13.2 Å². The first kappa shape index (κ1) is 15.1. The first-order valence-electron chi connectivity index (χ1n) is 7.04. The Balaban J connectivity index is 2.45. The molecule has 112 valence electrons. The average molecular weight is 298 g/mol. The van der Waals surface area contributed by atoms with Crippen LogP contribution in [-0.4, -0.2) is 31.9 Å². The van der Waals surface area contributed by atoms with Crippen molar-refractivity contribution in [3.05, 3.63) is 18.2 Å². The van der Waals surface area contributed by atoms with Crippen LogP contribution in [-0.2, 0) is 10.0 Å². The summed E-state index contributed by atoms with van der Waals surface area (Å²) in [7, 11) is -3.55. The first-order valence-corrected chi connectivity index (χ1v) is 8.48. The van der Waals surface area contributed by atoms with Crippen LogP contribution in [0.4, 0.5) is 5.69 Å². The predicted octanol–water partition coefficient (Wildman–Crippen LogP) is 2.23. The molecule has 2 N–H and O–H groups in total. The van der Waals surface area contributed by atoms with Crippen molar-refractivity contribution in [2.45, 2.75) is 44.0 Å². The molecule has 0 amide bonds. The summed E-state index contributed by atoms with van der Waals surface area (Å²) in [4.78, 5) is 0.180. The van der Waals surface area contributed by atoms with Gasteiger partial charge in [-0.25, -0.2) is 8.42 Å². The molecule has 1 aromatic rings. The fourth-order valence-electron chi connectivity index (χ4n) is 2.66. The number of ether oxygens (including phenoxy) is 1. The number of sulfonamides is 1. The van der Waals surface area contributed by atoms with Crippen LogP contribution in [0, 0.1) is 0 Å². The Kier molecular flexibility index (Phi) is 4.55. The zero-order chi connectivity index (χ0) is 14.8. The fraction of sp³-hybridized carbons (Fsp3) is 0.571. The second-order valence-electron chi connectivity index (χ2n) is 4.96. The minimum atomic E-state index is -3.55. The molecule has 0 saturated carbocycles. The Morgan fingerprint density at radius 1 is 1.40 bits per heavy atom. The van der Waals surface area contributed by atoms with Crippen LogP contribution in [0.3, 0.4) is 0 Å². The van der Waals surface area contributed by atoms with Crippen LogP contribution < -0.4 is 10.5 Å². The molecule has 0 radical (unpaired) electrons. The average Bonchev–Trinajstić information content (AvgIpc) is 2.90. The van der Waals surface area contributed by atoms with E-state index in [4.69, 9.17) is 10.5 Å². The summed E-state index contributed by atoms with van der Waals surface area (Å²) < 4.78 is 32.7. The highest BCUT2D eigenvalue weighted by molar-refractivity contribution is 7.89. The van der Waals surface area contributed by atoms with E-state index in [1.54, 1.807) is 16.4 Å². The summed E-state index contributed by atoms with van der Waals surface area (Å²) in [6, 6.07) is 4.86. The van der Waals surface area contributed by atoms with Gasteiger partial charge in [-0.05, 0) is 44.4 Å². The lowest BCUT2D eigenvalue weighted by Crippen LogP contribution is -2.35. The van der Waals surface area contributed by atoms with Crippen molar-refractivity contribution >= 4 is 15.7 Å². The predicted molar refractivity (Wildman–Crippen MR) is 79.2 cm³/mol. The topological polar surface area (TPSA) is 72.6 Å². The van der Waals surface area contributed by atoms with E-state index in [1.165, 1.54) is 6.07 Å². The van der Waals surface area contributed by atoms with Gasteiger partial charge in [0.15, 0.2) is 0 Å². The van der Waals surface area contributed by atoms with Crippen molar-refractivity contribution in [2.24, 2.45) is 0 Å². The van der Waals surface area contributed by atoms with E-state index in [1.807, 2.05) is 13.8 Å². The normalized spacial score (nSPS) is 20.2. The third kappa shape index (κ3) is 2.76. The summed E-state index contributed by atoms with van der Waals surface area (Å²) >= 11 is 0. The van der Waals surface area contributed by atoms with Crippen LogP contribution in [0.25, 0.3) is 0 Å². The van der Waals surface area contributed by atoms with Gasteiger partial charge in [-0.2, -0.15) is 4.31 Å². The smallest absolute Gasteiger partial charge is 0.247 e. The van der Waals surface area contributed by atoms with Crippen molar-refractivity contribution in [1.82, 2.24) is 4.31 Å². The Hall–Kier alpha value is -1.27. The van der Waals surface area contributed by atoms with Crippen LogP contribution in [0.1, 0.15) is 33.1 Å². The van der Waals surface area contributed by atoms with Gasteiger partial charge in [-0.15, -0.1) is 0 Å². The van der Waals surface area contributed by atoms with E-state index in [-0.39, 0.29) is 10.9 Å². The van der Waals surface area contributed by atoms with E-state index in [0.717, 1.165) is 19.3 Å². The minimum Gasteiger partial charge on any atom is -0.492 e. The van der Waals surface area contributed by atoms with E-state index in [9.17, 15) is 8.42 Å². The monoisotopic (exact) mass is 298 g/mol. The lowest BCUT2D eigenvalue weighted by molar-refractivity contribution is 0.327. The lowest BCUT2D eigenvalue weighted by Gasteiger charge is -2.24. The van der Waals surface area contributed by atoms with Crippen LogP contribution in [0.5, 0.6) is 5.75 Å². The number of hydrogen-bond donors (Lipinski definition) is 1. The van der Waals surface area contributed by atoms with Gasteiger partial charge in [0.2, 0.25) is 10.0 Å². The largest absolute Gasteiger partial charge is 0.492 e. The molecule has 0 aromatic heterocycles. The first-order chi connectivity index (χ1) is 9.50. The van der Waals surface area contributed by atoms with E-state index < -0.39 is 10.0 Å². The number of nitrogen functional groups attached to an aromatic ring is 1. The van der Waals surface area contributed by atoms with Crippen molar-refractivity contribution in [3.8, 4) is 5.75 Å². The van der Waals surface area contributed by atoms with Gasteiger partial charge in [-0.3, -0.25) is 0 Å². The van der Waals surface area contributed by atoms with Crippen molar-refractivity contribution in [2.75, 3.05) is 18.9 Å². The third-order valence-corrected chi connectivity index (χ3v) is 5.62. The quantitative estimate of drug-likeness (QED) is 0.846. The number of rotatable bonds is 5. The molecule has 6 heteroatoms. The molecule has 1 heterocycles. The summed E-state index contributed by atoms with van der Waals surface area (Å²) in [5.41, 5.74) is 6.18. The number of nitrogens with zero attached hydrogens (tertiary/aromatic N) is 1. The van der Waals surface area contributed by atoms with Gasteiger partial charge in [0.05, 0.1) is 6.61 Å². The van der Waals surface area contributed by atoms with E-state index in [0.29, 0.717) is 24.6 Å². The highest BCUT2D eigenvalue weighted by atomic mass is 32.2. The van der Waals surface area contributed by atoms with Crippen LogP contribution in [0.15, 0.2) is 23.1 Å².